The average molecular weight is 1940 g/mol. The normalized spacial score (nSPS) is 11.4. The molecule has 0 aliphatic heterocycles. The molecule has 0 spiro atoms. The molecule has 13 heterocycles. The number of hydrogen-bond acceptors (Lipinski definition) is 25. The Hall–Kier alpha value is -18.6. The van der Waals surface area contributed by atoms with E-state index in [0.29, 0.717) is 128 Å². The number of nitrogen functional groups attached to an aromatic ring is 4. The summed E-state index contributed by atoms with van der Waals surface area (Å²) < 4.78 is 43.2. The lowest BCUT2D eigenvalue weighted by molar-refractivity contribution is -0.162. The van der Waals surface area contributed by atoms with Crippen LogP contribution in [-0.4, -0.2) is 131 Å². The van der Waals surface area contributed by atoms with E-state index >= 15 is 0 Å². The van der Waals surface area contributed by atoms with Gasteiger partial charge in [0.25, 0.3) is 22.2 Å². The first-order valence-corrected chi connectivity index (χ1v) is 46.3. The predicted octanol–water partition coefficient (Wildman–Crippen LogP) is 16.5. The Kier molecular flexibility index (Phi) is 25.5. The molecule has 0 aliphatic rings. The average Bonchev–Trinajstić information content (AvgIpc) is 1.49. The summed E-state index contributed by atoms with van der Waals surface area (Å²) in [4.78, 5) is 117. The number of para-hydroxylation sites is 3. The lowest BCUT2D eigenvalue weighted by atomic mass is 10.1. The Balaban J connectivity index is 0.000000122. The monoisotopic (exact) mass is 1940 g/mol. The highest BCUT2D eigenvalue weighted by molar-refractivity contribution is 7.22. The molecule has 13 aromatic heterocycles. The van der Waals surface area contributed by atoms with Crippen molar-refractivity contribution >= 4 is 161 Å². The van der Waals surface area contributed by atoms with Crippen LogP contribution in [0.5, 0.6) is 0 Å². The summed E-state index contributed by atoms with van der Waals surface area (Å²) in [7, 11) is 0. The molecule has 0 unspecified atom stereocenters. The fourth-order valence-corrected chi connectivity index (χ4v) is 19.3. The number of carbonyl (C=O) groups is 2. The van der Waals surface area contributed by atoms with E-state index in [0.717, 1.165) is 93.5 Å². The van der Waals surface area contributed by atoms with E-state index < -0.39 is 17.5 Å². The third kappa shape index (κ3) is 17.8. The summed E-state index contributed by atoms with van der Waals surface area (Å²) >= 11 is 1.35. The van der Waals surface area contributed by atoms with Gasteiger partial charge in [0.2, 0.25) is 11.8 Å². The number of halogens is 2. The first-order valence-electron chi connectivity index (χ1n) is 45.5. The number of thiazole rings is 1. The van der Waals surface area contributed by atoms with Crippen LogP contribution in [0.4, 0.5) is 37.2 Å². The zero-order chi connectivity index (χ0) is 101. The second-order valence-corrected chi connectivity index (χ2v) is 35.5. The number of hydrogen-bond donors (Lipinski definition) is 6. The number of hydroxylamine groups is 2. The number of benzene rings is 9. The summed E-state index contributed by atoms with van der Waals surface area (Å²) in [5.74, 6) is -0.468. The molecule has 0 saturated heterocycles. The van der Waals surface area contributed by atoms with Gasteiger partial charge in [0.1, 0.15) is 65.9 Å². The van der Waals surface area contributed by atoms with Crippen molar-refractivity contribution in [2.24, 2.45) is 0 Å². The molecule has 0 saturated carbocycles. The lowest BCUT2D eigenvalue weighted by Gasteiger charge is -2.17. The van der Waals surface area contributed by atoms with Crippen LogP contribution < -0.4 is 50.5 Å². The van der Waals surface area contributed by atoms with Gasteiger partial charge in [-0.15, -0.1) is 0 Å². The van der Waals surface area contributed by atoms with Crippen LogP contribution in [-0.2, 0) is 42.2 Å². The van der Waals surface area contributed by atoms with Gasteiger partial charge in [-0.05, 0) is 187 Å². The van der Waals surface area contributed by atoms with Crippen molar-refractivity contribution in [1.29, 1.82) is 0 Å². The second-order valence-electron chi connectivity index (χ2n) is 34.5. The minimum Gasteiger partial charge on any atom is -0.383 e. The molecule has 34 nitrogen and oxygen atoms in total. The molecule has 22 rings (SSSR count). The van der Waals surface area contributed by atoms with Gasteiger partial charge >= 0.3 is 0 Å². The predicted molar refractivity (Wildman–Crippen MR) is 558 cm³/mol. The third-order valence-corrected chi connectivity index (χ3v) is 26.0. The molecule has 144 heavy (non-hydrogen) atoms. The summed E-state index contributed by atoms with van der Waals surface area (Å²) in [6.07, 6.45) is 8.97. The van der Waals surface area contributed by atoms with Crippen LogP contribution in [0.3, 0.4) is 0 Å². The van der Waals surface area contributed by atoms with Crippen molar-refractivity contribution in [2.45, 2.75) is 88.0 Å². The molecule has 22 aromatic rings. The van der Waals surface area contributed by atoms with E-state index in [4.69, 9.17) is 33.1 Å². The van der Waals surface area contributed by atoms with Gasteiger partial charge in [-0.3, -0.25) is 52.2 Å². The number of aryl methyl sites for hydroxylation is 6. The highest BCUT2D eigenvalue weighted by atomic mass is 32.1. The zero-order valence-electron chi connectivity index (χ0n) is 79.0. The fraction of sp³-hybridized carbons (Fsp3) is 0.131. The first kappa shape index (κ1) is 94.3. The van der Waals surface area contributed by atoms with Crippen molar-refractivity contribution in [3.05, 3.63) is 377 Å². The number of aromatic nitrogens is 21. The molecule has 0 aliphatic carbocycles. The number of pyridine rings is 4. The Morgan fingerprint density at radius 1 is 0.417 bits per heavy atom. The van der Waals surface area contributed by atoms with Crippen LogP contribution in [0.2, 0.25) is 0 Å². The standard InChI is InChI=1S/C31H23FN8O2S.C27H27N7O3.C25H22N6O.C24H19FN6O/c1-16-5-3-6-18-11-22(40(30(42)25(16)18)21-8-4-7-20(32)13-21)14-39-29-26(28(33)34-15-35-29)27(38-39)19-9-10-23-24(12-19)43-31(37-23)36-17(2)41;1-16-7-4-5-10-22(16)34-20(13-19-9-6-8-17(2)23(19)27(34)36)14-32-26-24(25(28)29-15-30-26)21(31-32)11-12-33(37)18(3)35;1-4-19-22-23(26)27-14-28-24(22)30(29-19)13-18-12-17-10-7-9-16(3)21(17)25(32)31(18)20-11-6-5-8-15(20)2;1-3-18-21-22(26)27-13-28-23(21)30(29-18)12-16-11-15-8-6-7-14(2)20(15)24(32)31(16)19-10-5-4-9-17(19)25/h3-13,15H,14H2,1-2H3,(H2,33,34,35)(H,36,37,41);4-10,13,15,37H,11-12,14H2,1-3H3,(H2,28,29,30);4-12,14H,1,13H2,2-3H3,(H2,26,27,28);3-11,13H,1,12H2,2H3,(H2,26,27,28). The molecule has 0 bridgehead atoms. The van der Waals surface area contributed by atoms with Crippen LogP contribution in [0.1, 0.15) is 87.1 Å². The van der Waals surface area contributed by atoms with Crippen LogP contribution in [0.25, 0.3) is 144 Å². The van der Waals surface area contributed by atoms with Crippen LogP contribution in [0, 0.1) is 53.2 Å². The minimum atomic E-state index is -0.493. The Bertz CT molecular complexity index is 9050. The van der Waals surface area contributed by atoms with Crippen molar-refractivity contribution in [2.75, 3.05) is 34.8 Å². The molecule has 9 aromatic carbocycles. The molecule has 37 heteroatoms. The Morgan fingerprint density at radius 2 is 0.799 bits per heavy atom. The number of carbonyl (C=O) groups excluding carboxylic acids is 2. The molecular formula is C107H91F2N27O7S. The first-order chi connectivity index (χ1) is 69.5. The van der Waals surface area contributed by atoms with Crippen molar-refractivity contribution in [1.82, 2.24) is 107 Å². The van der Waals surface area contributed by atoms with E-state index in [1.54, 1.807) is 70.3 Å². The highest BCUT2D eigenvalue weighted by Crippen LogP contribution is 2.38. The fourth-order valence-electron chi connectivity index (χ4n) is 18.4. The van der Waals surface area contributed by atoms with E-state index in [9.17, 15) is 42.8 Å². The van der Waals surface area contributed by atoms with E-state index in [2.05, 4.69) is 73.5 Å². The summed E-state index contributed by atoms with van der Waals surface area (Å²) in [5.41, 5.74) is 40.1. The van der Waals surface area contributed by atoms with Gasteiger partial charge in [-0.2, -0.15) is 20.4 Å². The maximum atomic E-state index is 14.8. The number of nitrogens with two attached hydrogens (primary N) is 4. The van der Waals surface area contributed by atoms with Gasteiger partial charge < -0.3 is 28.3 Å². The quantitative estimate of drug-likeness (QED) is 0.0323. The number of nitrogens with one attached hydrogen (secondary N) is 1. The Morgan fingerprint density at radius 3 is 1.24 bits per heavy atom. The molecule has 10 N–H and O–H groups in total. The summed E-state index contributed by atoms with van der Waals surface area (Å²) in [5, 5.41) is 40.7. The maximum absolute atomic E-state index is 14.8. The second kappa shape index (κ2) is 39.0. The van der Waals surface area contributed by atoms with Crippen molar-refractivity contribution in [3.8, 4) is 34.0 Å². The number of nitrogens with zero attached hydrogens (tertiary/aromatic N) is 22. The SMILES string of the molecule is C=Cc1nn(Cc2cc3cccc(C)c3c(=O)n2-c2ccccc2C)c2ncnc(N)c12.C=Cc1nn(Cc2cc3cccc(C)c3c(=O)n2-c2ccccc2F)c2ncnc(N)c12.CC(=O)N(O)CCc1nn(Cc2cc3cccc(C)c3c(=O)n2-c2ccccc2C)c2ncnc(N)c12.CC(=O)Nc1nc2ccc(-c3nn(Cc4cc5cccc(C)c5c(=O)n4-c4cccc(F)c4)c4ncnc(N)c34)cc2s1. The smallest absolute Gasteiger partial charge is 0.263 e. The summed E-state index contributed by atoms with van der Waals surface area (Å²) in [6, 6.07) is 64.2. The van der Waals surface area contributed by atoms with Crippen LogP contribution >= 0.6 is 11.3 Å². The maximum Gasteiger partial charge on any atom is 0.263 e. The largest absolute Gasteiger partial charge is 0.383 e. The third-order valence-electron chi connectivity index (χ3n) is 25.1. The molecule has 0 fully saturated rings. The number of fused-ring (bicyclic) bond motifs is 9. The molecular weight excluding hydrogens is 1850 g/mol. The van der Waals surface area contributed by atoms with Gasteiger partial charge in [-0.1, -0.05) is 158 Å². The number of anilines is 5. The van der Waals surface area contributed by atoms with Crippen molar-refractivity contribution in [3.63, 3.8) is 0 Å². The van der Waals surface area contributed by atoms with E-state index in [1.807, 2.05) is 205 Å². The van der Waals surface area contributed by atoms with Gasteiger partial charge in [0, 0.05) is 48.6 Å². The molecule has 0 atom stereocenters. The number of amides is 2. The topological polar surface area (TPSA) is 449 Å². The zero-order valence-corrected chi connectivity index (χ0v) is 79.9. The molecule has 716 valence electrons. The van der Waals surface area contributed by atoms with E-state index in [1.165, 1.54) is 77.8 Å². The van der Waals surface area contributed by atoms with Crippen LogP contribution in [0.15, 0.2) is 270 Å². The highest BCUT2D eigenvalue weighted by Gasteiger charge is 2.28. The van der Waals surface area contributed by atoms with Gasteiger partial charge in [0.15, 0.2) is 27.7 Å². The number of rotatable bonds is 19. The van der Waals surface area contributed by atoms with Crippen molar-refractivity contribution < 1.29 is 23.6 Å². The van der Waals surface area contributed by atoms with Gasteiger partial charge in [0.05, 0.1) is 126 Å². The molecule has 2 amide bonds. The molecule has 0 radical (unpaired) electrons. The minimum absolute atomic E-state index is 0.0406. The summed E-state index contributed by atoms with van der Waals surface area (Å²) in [6.45, 7) is 22.9. The lowest BCUT2D eigenvalue weighted by Crippen LogP contribution is -2.27. The Labute approximate surface area is 821 Å². The van der Waals surface area contributed by atoms with E-state index in [-0.39, 0.29) is 83.9 Å². The van der Waals surface area contributed by atoms with Gasteiger partial charge in [-0.25, -0.2) is 77.4 Å².